The fraction of sp³-hybridized carbons (Fsp3) is 0.489. The summed E-state index contributed by atoms with van der Waals surface area (Å²) in [4.78, 5) is 81.4. The Bertz CT molecular complexity index is 3710. The van der Waals surface area contributed by atoms with Gasteiger partial charge in [-0.2, -0.15) is 26.3 Å². The van der Waals surface area contributed by atoms with E-state index in [9.17, 15) is 64.7 Å². The van der Waals surface area contributed by atoms with Crippen LogP contribution in [0.25, 0.3) is 24.6 Å². The zero-order valence-electron chi connectivity index (χ0n) is 83.0. The Hall–Kier alpha value is -6.11. The molecule has 142 heavy (non-hydrogen) atoms. The number of amides is 8. The van der Waals surface area contributed by atoms with Gasteiger partial charge in [0.15, 0.2) is 0 Å². The van der Waals surface area contributed by atoms with Crippen LogP contribution in [0.15, 0.2) is 146 Å². The number of alkyl halides is 6. The van der Waals surface area contributed by atoms with Crippen LogP contribution in [0.4, 0.5) is 64.7 Å². The Balaban J connectivity index is -0.000000107. The van der Waals surface area contributed by atoms with E-state index in [0.717, 1.165) is 72.2 Å². The van der Waals surface area contributed by atoms with Crippen molar-refractivity contribution in [2.24, 2.45) is 0 Å². The molecule has 0 aliphatic rings. The molecule has 0 bridgehead atoms. The normalized spacial score (nSPS) is 9.75. The molecule has 0 fully saturated rings. The molecule has 24 N–H and O–H groups in total. The summed E-state index contributed by atoms with van der Waals surface area (Å²) in [6.45, 7) is 24.5. The summed E-state index contributed by atoms with van der Waals surface area (Å²) >= 11 is -1.89. The molecule has 0 aliphatic heterocycles. The molecular formula is C94H154Cl8F6N12O18Pt4. The maximum absolute atomic E-state index is 12.4. The van der Waals surface area contributed by atoms with Gasteiger partial charge in [0.05, 0.1) is 37.6 Å². The molecule has 30 nitrogen and oxygen atoms in total. The minimum atomic E-state index is -4.41. The van der Waals surface area contributed by atoms with Crippen molar-refractivity contribution >= 4 is 124 Å². The quantitative estimate of drug-likeness (QED) is 0.00965. The van der Waals surface area contributed by atoms with E-state index in [-0.39, 0.29) is 89.4 Å². The third kappa shape index (κ3) is 121. The smallest absolute Gasteiger partial charge is 0.693 e. The molecule has 6 rings (SSSR count). The average molecular weight is 2920 g/mol. The van der Waals surface area contributed by atoms with Gasteiger partial charge < -0.3 is 147 Å². The van der Waals surface area contributed by atoms with Crippen molar-refractivity contribution in [3.63, 3.8) is 0 Å². The summed E-state index contributed by atoms with van der Waals surface area (Å²) < 4.78 is 84.9. The number of hydrogen-bond donors (Lipinski definition) is 16. The van der Waals surface area contributed by atoms with Crippen molar-refractivity contribution in [3.05, 3.63) is 267 Å². The standard InChI is InChI=1S/2C13H27NO2.2C12H17NO2.2C10H10F3NO2.2C10H13NO3.4CH3.8ClH.4H2N.4Pt/c2*1-2-3-4-5-6-7-8-9-10-11-12-14-13(15)16;2*1-12(2,3)10-6-4-9(5-7-10)8-13-11(14)15;2*1-6-2-7(5-14-9(15)16)4-8(3-6)10(11,12)13;2*12-10(13)11-6-7-14-8-9-4-2-1-3-5-9;;;;;;;;;;;;;;;;;;;;/h2*14H,2-12H2,1H3,(H,15,16);2*4-7,13H,8H2,1-3H3,(H,14,15);2*2-4,14H,5H2,1H3,(H,15,16);2*1-5,11H,6-8H2,(H,12,13);4*1H3;8*1H;4*1H2;;;;/q;;;;;;;;4*-1;;;;;;;;;4*-1;4*+4/p-8. The molecule has 0 aromatic heterocycles. The molecule has 0 atom stereocenters. The van der Waals surface area contributed by atoms with Crippen molar-refractivity contribution in [1.82, 2.24) is 42.5 Å². The Morgan fingerprint density at radius 2 is 0.486 bits per heavy atom. The zero-order chi connectivity index (χ0) is 103. The Kier molecular flexibility index (Phi) is 130. The van der Waals surface area contributed by atoms with Crippen LogP contribution in [0, 0.1) is 43.6 Å². The van der Waals surface area contributed by atoms with Crippen molar-refractivity contribution in [3.8, 4) is 0 Å². The number of aryl methyl sites for hydroxylation is 2. The van der Waals surface area contributed by atoms with Gasteiger partial charge in [-0.15, -0.1) is 0 Å². The number of carbonyl (C=O) groups is 8. The van der Waals surface area contributed by atoms with Gasteiger partial charge in [0.25, 0.3) is 0 Å². The fourth-order valence-corrected chi connectivity index (χ4v) is 10.8. The first-order chi connectivity index (χ1) is 63.1. The fourth-order valence-electron chi connectivity index (χ4n) is 10.8. The molecule has 0 saturated carbocycles. The molecule has 6 aromatic carbocycles. The molecule has 0 spiro atoms. The number of halogens is 14. The van der Waals surface area contributed by atoms with E-state index in [1.54, 1.807) is 0 Å². The Labute approximate surface area is 905 Å². The van der Waals surface area contributed by atoms with E-state index in [1.165, 1.54) is 140 Å². The third-order valence-electron chi connectivity index (χ3n) is 17.2. The van der Waals surface area contributed by atoms with Gasteiger partial charge in [-0.05, 0) is 106 Å². The number of nitrogens with two attached hydrogens (primary N) is 4. The first kappa shape index (κ1) is 166. The third-order valence-corrected chi connectivity index (χ3v) is 17.2. The number of unbranched alkanes of at least 4 members (excludes halogenated alkanes) is 18. The molecular weight excluding hydrogens is 2760 g/mol. The molecule has 6 aromatic rings. The first-order valence-electron chi connectivity index (χ1n) is 42.0. The van der Waals surface area contributed by atoms with Crippen LogP contribution in [-0.4, -0.2) is 129 Å². The van der Waals surface area contributed by atoms with Crippen LogP contribution < -0.4 is 42.5 Å². The molecule has 836 valence electrons. The summed E-state index contributed by atoms with van der Waals surface area (Å²) in [5.74, 6) is 0. The van der Waals surface area contributed by atoms with Crippen molar-refractivity contribution < 1.29 is 181 Å². The molecule has 0 unspecified atom stereocenters. The van der Waals surface area contributed by atoms with Crippen LogP contribution >= 0.6 is 75.3 Å². The number of carboxylic acid groups (broad SMARTS) is 8. The summed E-state index contributed by atoms with van der Waals surface area (Å²) in [6, 6.07) is 42.4. The number of benzene rings is 6. The van der Waals surface area contributed by atoms with E-state index < -0.39 is 138 Å². The molecule has 0 radical (unpaired) electrons. The first-order valence-corrected chi connectivity index (χ1v) is 64.5. The molecule has 8 amide bonds. The second-order valence-electron chi connectivity index (χ2n) is 30.5. The van der Waals surface area contributed by atoms with Gasteiger partial charge in [-0.25, -0.2) is 38.4 Å². The van der Waals surface area contributed by atoms with E-state index in [4.69, 9.17) is 126 Å². The summed E-state index contributed by atoms with van der Waals surface area (Å²) in [7, 11) is 39.0. The van der Waals surface area contributed by atoms with Crippen molar-refractivity contribution in [1.29, 1.82) is 0 Å². The molecule has 0 heterocycles. The predicted octanol–water partition coefficient (Wildman–Crippen LogP) is 32.5. The summed E-state index contributed by atoms with van der Waals surface area (Å²) in [5, 5.41) is 84.7. The second-order valence-corrected chi connectivity index (χ2v) is 43.6. The van der Waals surface area contributed by atoms with Crippen LogP contribution in [0.1, 0.15) is 251 Å². The SMILES string of the molecule is CC(C)(C)c1ccc(CNC(=O)O)cc1.CC(C)(C)c1ccc(CNC(=O)O)cc1.CCCCCCCCCCCCNC(=O)O.CCCCCCCCCCCCNC(=O)O.Cc1cc(CNC(=O)O)cc(C(F)(F)F)c1.Cc1cc(CNC(=O)O)cc(C(F)(F)F)c1.O=C(O)NCCOCc1ccccc1.O=C(O)NCCOCc1ccccc1.[CH3-].[CH3-].[CH3-].[CH3-].[Cl][Pt+2][Cl].[Cl][Pt+2][Cl].[Cl][Pt+2][Cl].[Cl][Pt+2][Cl].[NH2-].[NH2-].[NH2-].[NH2-]. The summed E-state index contributed by atoms with van der Waals surface area (Å²) in [6.07, 6.45) is 8.50. The molecule has 0 aliphatic carbocycles. The monoisotopic (exact) mass is 2910 g/mol. The Morgan fingerprint density at radius 1 is 0.282 bits per heavy atom. The van der Waals surface area contributed by atoms with E-state index in [1.807, 2.05) is 120 Å². The van der Waals surface area contributed by atoms with Crippen LogP contribution in [0.5, 0.6) is 0 Å². The molecule has 0 saturated heterocycles. The molecule has 48 heteroatoms. The van der Waals surface area contributed by atoms with Gasteiger partial charge >= 0.3 is 202 Å². The largest absolute Gasteiger partial charge is 0.693 e. The van der Waals surface area contributed by atoms with Crippen molar-refractivity contribution in [2.45, 2.75) is 260 Å². The van der Waals surface area contributed by atoms with Crippen LogP contribution in [-0.2, 0) is 138 Å². The van der Waals surface area contributed by atoms with Gasteiger partial charge in [0, 0.05) is 52.4 Å². The summed E-state index contributed by atoms with van der Waals surface area (Å²) in [5.41, 5.74) is 6.82. The van der Waals surface area contributed by atoms with Gasteiger partial charge in [-0.1, -0.05) is 303 Å². The number of rotatable bonds is 40. The van der Waals surface area contributed by atoms with Gasteiger partial charge in [0.2, 0.25) is 0 Å². The minimum Gasteiger partial charge on any atom is -0.693 e. The second kappa shape index (κ2) is 111. The number of ether oxygens (including phenoxy) is 2. The van der Waals surface area contributed by atoms with Crippen molar-refractivity contribution in [2.75, 3.05) is 39.4 Å². The Morgan fingerprint density at radius 3 is 0.690 bits per heavy atom. The zero-order valence-corrected chi connectivity index (χ0v) is 98.1. The maximum Gasteiger partial charge on any atom is -0.693 e. The number of hydrogen-bond acceptors (Lipinski definition) is 10. The van der Waals surface area contributed by atoms with Crippen LogP contribution in [0.3, 0.4) is 0 Å². The van der Waals surface area contributed by atoms with Gasteiger partial charge in [0.1, 0.15) is 0 Å². The van der Waals surface area contributed by atoms with Gasteiger partial charge in [-0.3, -0.25) is 0 Å². The average Bonchev–Trinajstić information content (AvgIpc) is 0.837. The van der Waals surface area contributed by atoms with E-state index in [0.29, 0.717) is 76.8 Å². The van der Waals surface area contributed by atoms with E-state index >= 15 is 0 Å². The minimum absolute atomic E-state index is 0. The van der Waals surface area contributed by atoms with E-state index in [2.05, 4.69) is 87.3 Å². The maximum atomic E-state index is 12.4. The number of nitrogens with one attached hydrogen (secondary N) is 8. The topological polar surface area (TPSA) is 547 Å². The van der Waals surface area contributed by atoms with Crippen LogP contribution in [0.2, 0.25) is 0 Å². The predicted molar refractivity (Wildman–Crippen MR) is 556 cm³/mol.